The number of thiophene rings is 1. The number of aromatic nitrogens is 2. The smallest absolute Gasteiger partial charge is 0.0641 e. The predicted octanol–water partition coefficient (Wildman–Crippen LogP) is 13.6. The quantitative estimate of drug-likeness (QED) is 0.177. The maximum atomic E-state index is 2.50. The number of benzene rings is 8. The number of rotatable bonds is 4. The zero-order valence-electron chi connectivity index (χ0n) is 27.6. The van der Waals surface area contributed by atoms with Crippen molar-refractivity contribution in [3.05, 3.63) is 182 Å². The minimum atomic E-state index is 1.15. The number of nitrogens with zero attached hydrogens (tertiary/aromatic N) is 2. The van der Waals surface area contributed by atoms with E-state index in [0.717, 1.165) is 5.69 Å². The van der Waals surface area contributed by atoms with Gasteiger partial charge in [0.2, 0.25) is 0 Å². The van der Waals surface area contributed by atoms with Gasteiger partial charge in [-0.05, 0) is 82.9 Å². The molecule has 3 heteroatoms. The normalized spacial score (nSPS) is 11.9. The summed E-state index contributed by atoms with van der Waals surface area (Å²) in [6, 6.07) is 66.7. The summed E-state index contributed by atoms with van der Waals surface area (Å²) in [6.07, 6.45) is 0. The van der Waals surface area contributed by atoms with Crippen LogP contribution >= 0.6 is 11.3 Å². The van der Waals surface area contributed by atoms with Crippen molar-refractivity contribution in [1.29, 1.82) is 0 Å². The van der Waals surface area contributed by atoms with Crippen molar-refractivity contribution >= 4 is 75.1 Å². The Morgan fingerprint density at radius 2 is 0.922 bits per heavy atom. The molecule has 0 saturated heterocycles. The lowest BCUT2D eigenvalue weighted by Gasteiger charge is -2.12. The first kappa shape index (κ1) is 28.4. The molecule has 11 aromatic rings. The third-order valence-corrected chi connectivity index (χ3v) is 11.6. The number of hydrogen-bond acceptors (Lipinski definition) is 1. The molecule has 11 rings (SSSR count). The van der Waals surface area contributed by atoms with Crippen molar-refractivity contribution in [3.63, 3.8) is 0 Å². The Morgan fingerprint density at radius 1 is 0.314 bits per heavy atom. The summed E-state index contributed by atoms with van der Waals surface area (Å²) in [6.45, 7) is 0. The molecule has 0 bridgehead atoms. The second-order valence-electron chi connectivity index (χ2n) is 13.3. The van der Waals surface area contributed by atoms with E-state index in [0.29, 0.717) is 0 Å². The van der Waals surface area contributed by atoms with Crippen LogP contribution in [0.4, 0.5) is 0 Å². The van der Waals surface area contributed by atoms with E-state index < -0.39 is 0 Å². The van der Waals surface area contributed by atoms with E-state index in [9.17, 15) is 0 Å². The lowest BCUT2D eigenvalue weighted by molar-refractivity contribution is 1.18. The van der Waals surface area contributed by atoms with Gasteiger partial charge in [-0.1, -0.05) is 121 Å². The van der Waals surface area contributed by atoms with Crippen molar-refractivity contribution in [2.75, 3.05) is 0 Å². The first-order valence-corrected chi connectivity index (χ1v) is 18.3. The highest BCUT2D eigenvalue weighted by atomic mass is 32.1. The summed E-state index contributed by atoms with van der Waals surface area (Å²) in [5.41, 5.74) is 12.0. The van der Waals surface area contributed by atoms with E-state index >= 15 is 0 Å². The fourth-order valence-electron chi connectivity index (χ4n) is 8.24. The SMILES string of the molecule is c1ccc(-c2cccc(-c3cccc(-n4c5ccccc5c5c4ccc4c6ccccc6n(-c6ccc7sc8ccccc8c7c6)c45)c3)c2)cc1. The topological polar surface area (TPSA) is 9.86 Å². The monoisotopic (exact) mass is 666 g/mol. The molecule has 0 aliphatic rings. The Bertz CT molecular complexity index is 3140. The maximum absolute atomic E-state index is 2.50. The number of para-hydroxylation sites is 2. The summed E-state index contributed by atoms with van der Waals surface area (Å²) in [4.78, 5) is 0. The third-order valence-electron chi connectivity index (χ3n) is 10.5. The molecule has 0 N–H and O–H groups in total. The van der Waals surface area contributed by atoms with Gasteiger partial charge in [-0.15, -0.1) is 11.3 Å². The molecule has 51 heavy (non-hydrogen) atoms. The van der Waals surface area contributed by atoms with Crippen LogP contribution in [0.3, 0.4) is 0 Å². The van der Waals surface area contributed by atoms with Gasteiger partial charge in [0.15, 0.2) is 0 Å². The van der Waals surface area contributed by atoms with Gasteiger partial charge in [-0.3, -0.25) is 0 Å². The first-order valence-electron chi connectivity index (χ1n) is 17.4. The van der Waals surface area contributed by atoms with Crippen molar-refractivity contribution in [2.45, 2.75) is 0 Å². The molecular weight excluding hydrogens is 637 g/mol. The van der Waals surface area contributed by atoms with Crippen LogP contribution in [-0.2, 0) is 0 Å². The van der Waals surface area contributed by atoms with E-state index in [4.69, 9.17) is 0 Å². The Labute approximate surface area is 298 Å². The summed E-state index contributed by atoms with van der Waals surface area (Å²) < 4.78 is 7.59. The van der Waals surface area contributed by atoms with Gasteiger partial charge in [0.25, 0.3) is 0 Å². The van der Waals surface area contributed by atoms with Gasteiger partial charge in [0.1, 0.15) is 0 Å². The van der Waals surface area contributed by atoms with Gasteiger partial charge in [-0.2, -0.15) is 0 Å². The Kier molecular flexibility index (Phi) is 6.16. The van der Waals surface area contributed by atoms with Crippen LogP contribution < -0.4 is 0 Å². The average Bonchev–Trinajstić information content (AvgIpc) is 3.86. The number of hydrogen-bond donors (Lipinski definition) is 0. The van der Waals surface area contributed by atoms with E-state index in [1.165, 1.54) is 91.7 Å². The molecule has 3 heterocycles. The molecule has 0 aliphatic heterocycles. The molecule has 3 aromatic heterocycles. The van der Waals surface area contributed by atoms with Gasteiger partial charge >= 0.3 is 0 Å². The fraction of sp³-hybridized carbons (Fsp3) is 0. The molecule has 0 spiro atoms. The highest BCUT2D eigenvalue weighted by molar-refractivity contribution is 7.25. The van der Waals surface area contributed by atoms with Crippen LogP contribution in [0, 0.1) is 0 Å². The molecule has 8 aromatic carbocycles. The molecule has 0 atom stereocenters. The van der Waals surface area contributed by atoms with Gasteiger partial charge in [0.05, 0.1) is 22.1 Å². The van der Waals surface area contributed by atoms with Crippen LogP contribution in [0.1, 0.15) is 0 Å². The Hall–Kier alpha value is -6.42. The van der Waals surface area contributed by atoms with Crippen LogP contribution in [0.5, 0.6) is 0 Å². The summed E-state index contributed by atoms with van der Waals surface area (Å²) in [5, 5.41) is 7.68. The molecule has 0 radical (unpaired) electrons. The van der Waals surface area contributed by atoms with E-state index in [-0.39, 0.29) is 0 Å². The maximum Gasteiger partial charge on any atom is 0.0641 e. The van der Waals surface area contributed by atoms with Crippen LogP contribution in [0.2, 0.25) is 0 Å². The summed E-state index contributed by atoms with van der Waals surface area (Å²) in [7, 11) is 0. The van der Waals surface area contributed by atoms with Gasteiger partial charge in [0, 0.05) is 53.1 Å². The van der Waals surface area contributed by atoms with Crippen molar-refractivity contribution < 1.29 is 0 Å². The second-order valence-corrected chi connectivity index (χ2v) is 14.4. The first-order chi connectivity index (χ1) is 25.3. The van der Waals surface area contributed by atoms with Crippen molar-refractivity contribution in [1.82, 2.24) is 9.13 Å². The minimum Gasteiger partial charge on any atom is -0.309 e. The predicted molar refractivity (Wildman–Crippen MR) is 219 cm³/mol. The average molecular weight is 667 g/mol. The van der Waals surface area contributed by atoms with Gasteiger partial charge < -0.3 is 9.13 Å². The lowest BCUT2D eigenvalue weighted by Crippen LogP contribution is -1.96. The Morgan fingerprint density at radius 3 is 1.76 bits per heavy atom. The molecule has 238 valence electrons. The zero-order valence-corrected chi connectivity index (χ0v) is 28.4. The molecule has 0 aliphatic carbocycles. The molecule has 0 fully saturated rings. The van der Waals surface area contributed by atoms with Crippen molar-refractivity contribution in [2.24, 2.45) is 0 Å². The van der Waals surface area contributed by atoms with E-state index in [1.54, 1.807) is 0 Å². The largest absolute Gasteiger partial charge is 0.309 e. The standard InChI is InChI=1S/C48H30N2S/c1-2-12-31(13-3-1)32-14-10-15-33(28-32)34-16-11-17-35(29-34)49-43-22-8-5-20-40(43)47-44(49)26-25-39-37-18-4-7-21-42(37)50(48(39)47)36-24-27-46-41(30-36)38-19-6-9-23-45(38)51-46/h1-30H. The van der Waals surface area contributed by atoms with Crippen LogP contribution in [-0.4, -0.2) is 9.13 Å². The molecule has 0 unspecified atom stereocenters. The van der Waals surface area contributed by atoms with Crippen LogP contribution in [0.25, 0.3) is 97.4 Å². The highest BCUT2D eigenvalue weighted by Crippen LogP contribution is 2.43. The molecule has 2 nitrogen and oxygen atoms in total. The van der Waals surface area contributed by atoms with Gasteiger partial charge in [-0.25, -0.2) is 0 Å². The van der Waals surface area contributed by atoms with E-state index in [2.05, 4.69) is 191 Å². The van der Waals surface area contributed by atoms with Crippen LogP contribution in [0.15, 0.2) is 182 Å². The lowest BCUT2D eigenvalue weighted by atomic mass is 9.99. The summed E-state index contributed by atoms with van der Waals surface area (Å²) in [5.74, 6) is 0. The summed E-state index contributed by atoms with van der Waals surface area (Å²) >= 11 is 1.87. The van der Waals surface area contributed by atoms with Crippen molar-refractivity contribution in [3.8, 4) is 33.6 Å². The second kappa shape index (κ2) is 11.0. The highest BCUT2D eigenvalue weighted by Gasteiger charge is 2.21. The molecule has 0 saturated carbocycles. The molecule has 0 amide bonds. The third kappa shape index (κ3) is 4.29. The Balaban J connectivity index is 1.18. The minimum absolute atomic E-state index is 1.15. The van der Waals surface area contributed by atoms with E-state index in [1.807, 2.05) is 11.3 Å². The fourth-order valence-corrected chi connectivity index (χ4v) is 9.33. The number of fused-ring (bicyclic) bond motifs is 10. The molecular formula is C48H30N2S. The zero-order chi connectivity index (χ0) is 33.5.